The summed E-state index contributed by atoms with van der Waals surface area (Å²) in [6.07, 6.45) is 0.574. The number of hydrogen-bond donors (Lipinski definition) is 2. The molecule has 0 unspecified atom stereocenters. The Bertz CT molecular complexity index is 742. The minimum atomic E-state index is -3.57. The molecule has 2 N–H and O–H groups in total. The topological polar surface area (TPSA) is 66.4 Å². The van der Waals surface area contributed by atoms with Gasteiger partial charge in [0, 0.05) is 11.6 Å². The van der Waals surface area contributed by atoms with Crippen LogP contribution in [0, 0.1) is 6.92 Å². The van der Waals surface area contributed by atoms with Crippen LogP contribution in [-0.4, -0.2) is 20.1 Å². The summed E-state index contributed by atoms with van der Waals surface area (Å²) < 4.78 is 27.2. The highest BCUT2D eigenvalue weighted by Gasteiger charge is 2.17. The molecule has 0 fully saturated rings. The maximum Gasteiger partial charge on any atom is 0.240 e. The second-order valence-electron chi connectivity index (χ2n) is 4.99. The van der Waals surface area contributed by atoms with Crippen molar-refractivity contribution in [3.8, 4) is 0 Å². The second-order valence-corrected chi connectivity index (χ2v) is 7.13. The average Bonchev–Trinajstić information content (AvgIpc) is 2.50. The Morgan fingerprint density at radius 3 is 2.36 bits per heavy atom. The zero-order valence-electron chi connectivity index (χ0n) is 12.2. The normalized spacial score (nSPS) is 11.6. The van der Waals surface area contributed by atoms with Crippen LogP contribution >= 0.6 is 11.6 Å². The third-order valence-corrected chi connectivity index (χ3v) is 5.43. The van der Waals surface area contributed by atoms with Crippen LogP contribution in [0.5, 0.6) is 0 Å². The zero-order chi connectivity index (χ0) is 16.2. The monoisotopic (exact) mass is 339 g/mol. The van der Waals surface area contributed by atoms with Crippen molar-refractivity contribution in [1.82, 2.24) is 4.72 Å². The summed E-state index contributed by atoms with van der Waals surface area (Å²) in [7, 11) is -3.57. The fraction of sp³-hybridized carbons (Fsp3) is 0.250. The molecule has 0 atom stereocenters. The average molecular weight is 340 g/mol. The molecule has 2 rings (SSSR count). The number of nitrogens with one attached hydrogen (secondary N) is 1. The Labute approximate surface area is 135 Å². The quantitative estimate of drug-likeness (QED) is 0.850. The molecule has 0 saturated carbocycles. The van der Waals surface area contributed by atoms with Gasteiger partial charge < -0.3 is 5.11 Å². The number of aliphatic hydroxyl groups excluding tert-OH is 1. The van der Waals surface area contributed by atoms with E-state index in [1.165, 1.54) is 0 Å². The van der Waals surface area contributed by atoms with Gasteiger partial charge in [0.1, 0.15) is 0 Å². The Morgan fingerprint density at radius 1 is 1.09 bits per heavy atom. The highest BCUT2D eigenvalue weighted by Crippen LogP contribution is 2.22. The first-order valence-corrected chi connectivity index (χ1v) is 8.73. The van der Waals surface area contributed by atoms with Crippen molar-refractivity contribution in [2.24, 2.45) is 0 Å². The van der Waals surface area contributed by atoms with Gasteiger partial charge in [-0.2, -0.15) is 0 Å². The summed E-state index contributed by atoms with van der Waals surface area (Å²) in [6.45, 7) is 1.98. The van der Waals surface area contributed by atoms with Gasteiger partial charge in [-0.3, -0.25) is 0 Å². The molecule has 0 saturated heterocycles. The molecule has 0 aliphatic rings. The number of hydrogen-bond acceptors (Lipinski definition) is 3. The maximum atomic E-state index is 12.3. The summed E-state index contributed by atoms with van der Waals surface area (Å²) in [4.78, 5) is 0.204. The fourth-order valence-electron chi connectivity index (χ4n) is 2.10. The molecule has 2 aromatic carbocycles. The van der Waals surface area contributed by atoms with Crippen LogP contribution in [0.2, 0.25) is 5.02 Å². The van der Waals surface area contributed by atoms with Crippen LogP contribution in [0.4, 0.5) is 0 Å². The molecule has 6 heteroatoms. The van der Waals surface area contributed by atoms with Crippen molar-refractivity contribution in [2.45, 2.75) is 24.8 Å². The predicted molar refractivity (Wildman–Crippen MR) is 87.4 cm³/mol. The Hall–Kier alpha value is -1.40. The lowest BCUT2D eigenvalue weighted by atomic mass is 10.1. The van der Waals surface area contributed by atoms with Gasteiger partial charge in [0.05, 0.1) is 11.5 Å². The first-order chi connectivity index (χ1) is 10.4. The number of aliphatic hydroxyl groups is 1. The molecule has 4 nitrogen and oxygen atoms in total. The van der Waals surface area contributed by atoms with Gasteiger partial charge >= 0.3 is 0 Å². The maximum absolute atomic E-state index is 12.3. The van der Waals surface area contributed by atoms with Crippen molar-refractivity contribution < 1.29 is 13.5 Å². The van der Waals surface area contributed by atoms with Gasteiger partial charge in [-0.05, 0) is 42.2 Å². The number of rotatable bonds is 6. The van der Waals surface area contributed by atoms with Crippen LogP contribution in [0.15, 0.2) is 47.4 Å². The summed E-state index contributed by atoms with van der Waals surface area (Å²) in [5.74, 6) is 0. The Kier molecular flexibility index (Phi) is 5.58. The molecule has 22 heavy (non-hydrogen) atoms. The van der Waals surface area contributed by atoms with E-state index in [9.17, 15) is 8.42 Å². The lowest BCUT2D eigenvalue weighted by Gasteiger charge is -2.10. The van der Waals surface area contributed by atoms with Gasteiger partial charge in [0.2, 0.25) is 10.0 Å². The molecule has 0 radical (unpaired) electrons. The largest absolute Gasteiger partial charge is 0.392 e. The molecular formula is C16H18ClNO3S. The molecule has 0 aliphatic heterocycles. The van der Waals surface area contributed by atoms with Gasteiger partial charge in [-0.15, -0.1) is 0 Å². The third kappa shape index (κ3) is 4.08. The molecule has 118 valence electrons. The Morgan fingerprint density at radius 2 is 1.73 bits per heavy atom. The molecule has 0 aromatic heterocycles. The first kappa shape index (κ1) is 17.0. The van der Waals surface area contributed by atoms with Gasteiger partial charge in [0.15, 0.2) is 0 Å². The van der Waals surface area contributed by atoms with Crippen molar-refractivity contribution in [3.05, 3.63) is 64.2 Å². The van der Waals surface area contributed by atoms with Crippen molar-refractivity contribution in [3.63, 3.8) is 0 Å². The summed E-state index contributed by atoms with van der Waals surface area (Å²) >= 11 is 5.97. The SMILES string of the molecule is Cc1c(Cl)cccc1S(=O)(=O)NCCc1ccc(CO)cc1. The van der Waals surface area contributed by atoms with Gasteiger partial charge in [0.25, 0.3) is 0 Å². The third-order valence-electron chi connectivity index (χ3n) is 3.42. The molecule has 0 bridgehead atoms. The van der Waals surface area contributed by atoms with E-state index < -0.39 is 10.0 Å². The number of halogens is 1. The molecule has 0 heterocycles. The number of benzene rings is 2. The highest BCUT2D eigenvalue weighted by atomic mass is 35.5. The number of sulfonamides is 1. The summed E-state index contributed by atoms with van der Waals surface area (Å²) in [6, 6.07) is 12.2. The highest BCUT2D eigenvalue weighted by molar-refractivity contribution is 7.89. The van der Waals surface area contributed by atoms with E-state index in [0.29, 0.717) is 23.6 Å². The molecule has 0 spiro atoms. The lowest BCUT2D eigenvalue weighted by molar-refractivity contribution is 0.282. The van der Waals surface area contributed by atoms with Crippen LogP contribution in [-0.2, 0) is 23.1 Å². The summed E-state index contributed by atoms with van der Waals surface area (Å²) in [5.41, 5.74) is 2.38. The molecular weight excluding hydrogens is 322 g/mol. The summed E-state index contributed by atoms with van der Waals surface area (Å²) in [5, 5.41) is 9.42. The van der Waals surface area contributed by atoms with Crippen LogP contribution < -0.4 is 4.72 Å². The predicted octanol–water partition coefficient (Wildman–Crippen LogP) is 2.66. The zero-order valence-corrected chi connectivity index (χ0v) is 13.8. The molecule has 0 aliphatic carbocycles. The minimum Gasteiger partial charge on any atom is -0.392 e. The van der Waals surface area contributed by atoms with E-state index >= 15 is 0 Å². The second kappa shape index (κ2) is 7.24. The van der Waals surface area contributed by atoms with Crippen molar-refractivity contribution >= 4 is 21.6 Å². The van der Waals surface area contributed by atoms with Crippen LogP contribution in [0.1, 0.15) is 16.7 Å². The van der Waals surface area contributed by atoms with E-state index in [0.717, 1.165) is 11.1 Å². The van der Waals surface area contributed by atoms with E-state index in [1.54, 1.807) is 25.1 Å². The van der Waals surface area contributed by atoms with Gasteiger partial charge in [-0.1, -0.05) is 41.9 Å². The molecule has 2 aromatic rings. The van der Waals surface area contributed by atoms with Crippen LogP contribution in [0.3, 0.4) is 0 Å². The Balaban J connectivity index is 2.02. The van der Waals surface area contributed by atoms with E-state index in [1.807, 2.05) is 24.3 Å². The smallest absolute Gasteiger partial charge is 0.240 e. The van der Waals surface area contributed by atoms with Crippen molar-refractivity contribution in [2.75, 3.05) is 6.54 Å². The van der Waals surface area contributed by atoms with Crippen LogP contribution in [0.25, 0.3) is 0 Å². The van der Waals surface area contributed by atoms with Crippen molar-refractivity contribution in [1.29, 1.82) is 0 Å². The fourth-order valence-corrected chi connectivity index (χ4v) is 3.63. The standard InChI is InChI=1S/C16H18ClNO3S/c1-12-15(17)3-2-4-16(12)22(20,21)18-10-9-13-5-7-14(11-19)8-6-13/h2-8,18-19H,9-11H2,1H3. The van der Waals surface area contributed by atoms with E-state index in [-0.39, 0.29) is 11.5 Å². The lowest BCUT2D eigenvalue weighted by Crippen LogP contribution is -2.26. The van der Waals surface area contributed by atoms with E-state index in [4.69, 9.17) is 16.7 Å². The van der Waals surface area contributed by atoms with Gasteiger partial charge in [-0.25, -0.2) is 13.1 Å². The molecule has 0 amide bonds. The van der Waals surface area contributed by atoms with E-state index in [2.05, 4.69) is 4.72 Å². The first-order valence-electron chi connectivity index (χ1n) is 6.87. The minimum absolute atomic E-state index is 0.000945.